The molecule has 3 heterocycles. The van der Waals surface area contributed by atoms with Crippen LogP contribution in [0, 0.1) is 0 Å². The van der Waals surface area contributed by atoms with Crippen LogP contribution < -0.4 is 5.73 Å². The monoisotopic (exact) mass is 298 g/mol. The Labute approximate surface area is 118 Å². The van der Waals surface area contributed by atoms with Gasteiger partial charge < -0.3 is 10.3 Å². The van der Waals surface area contributed by atoms with E-state index >= 15 is 0 Å². The molecule has 2 aromatic rings. The molecule has 9 heteroatoms. The van der Waals surface area contributed by atoms with Crippen molar-refractivity contribution in [2.75, 3.05) is 17.3 Å². The number of hydrogen-bond donors (Lipinski definition) is 1. The van der Waals surface area contributed by atoms with Gasteiger partial charge in [-0.25, -0.2) is 4.68 Å². The lowest BCUT2D eigenvalue weighted by molar-refractivity contribution is 0.360. The molecule has 1 saturated heterocycles. The van der Waals surface area contributed by atoms with Gasteiger partial charge in [0.25, 0.3) is 0 Å². The number of aromatic nitrogens is 5. The van der Waals surface area contributed by atoms with Crippen LogP contribution in [0.3, 0.4) is 0 Å². The van der Waals surface area contributed by atoms with E-state index in [1.807, 2.05) is 23.5 Å². The smallest absolute Gasteiger partial charge is 0.248 e. The van der Waals surface area contributed by atoms with Crippen LogP contribution in [0.25, 0.3) is 0 Å². The Bertz CT molecular complexity index is 536. The van der Waals surface area contributed by atoms with Crippen LogP contribution in [0.15, 0.2) is 10.7 Å². The van der Waals surface area contributed by atoms with E-state index in [2.05, 4.69) is 20.5 Å². The maximum atomic E-state index is 5.49. The van der Waals surface area contributed by atoms with Crippen LogP contribution >= 0.6 is 23.5 Å². The average molecular weight is 298 g/mol. The molecular formula is C10H14N6OS2. The van der Waals surface area contributed by atoms with Crippen molar-refractivity contribution in [3.05, 3.63) is 23.6 Å². The van der Waals surface area contributed by atoms with E-state index in [1.54, 1.807) is 10.9 Å². The van der Waals surface area contributed by atoms with Crippen LogP contribution in [-0.4, -0.2) is 42.4 Å². The van der Waals surface area contributed by atoms with E-state index in [9.17, 15) is 0 Å². The fraction of sp³-hybridized carbons (Fsp3) is 0.600. The van der Waals surface area contributed by atoms with Crippen LogP contribution in [-0.2, 0) is 13.1 Å². The standard InChI is InChI=1S/C10H14N6OS2/c11-3-7-4-16(15-13-7)5-9-12-10(14-17-9)8-6-18-1-2-19-8/h4,8H,1-3,5-6,11H2. The third-order valence-corrected chi connectivity index (χ3v) is 5.43. The second kappa shape index (κ2) is 5.93. The Morgan fingerprint density at radius 2 is 2.42 bits per heavy atom. The lowest BCUT2D eigenvalue weighted by atomic mass is 10.4. The minimum atomic E-state index is 0.339. The third-order valence-electron chi connectivity index (χ3n) is 2.68. The van der Waals surface area contributed by atoms with Crippen LogP contribution in [0.5, 0.6) is 0 Å². The fourth-order valence-corrected chi connectivity index (χ4v) is 4.34. The van der Waals surface area contributed by atoms with E-state index in [-0.39, 0.29) is 0 Å². The van der Waals surface area contributed by atoms with Gasteiger partial charge in [-0.3, -0.25) is 0 Å². The summed E-state index contributed by atoms with van der Waals surface area (Å²) in [5, 5.41) is 12.3. The summed E-state index contributed by atoms with van der Waals surface area (Å²) >= 11 is 3.82. The van der Waals surface area contributed by atoms with Crippen molar-refractivity contribution in [3.63, 3.8) is 0 Å². The van der Waals surface area contributed by atoms with Crippen molar-refractivity contribution in [2.24, 2.45) is 5.73 Å². The predicted octanol–water partition coefficient (Wildman–Crippen LogP) is 0.689. The molecule has 1 aliphatic heterocycles. The van der Waals surface area contributed by atoms with Gasteiger partial charge in [-0.05, 0) is 0 Å². The molecule has 1 aliphatic rings. The largest absolute Gasteiger partial charge is 0.337 e. The highest BCUT2D eigenvalue weighted by Crippen LogP contribution is 2.35. The first-order chi connectivity index (χ1) is 9.35. The zero-order valence-electron chi connectivity index (χ0n) is 10.2. The molecule has 0 radical (unpaired) electrons. The SMILES string of the molecule is NCc1cn(Cc2nc(C3CSCCS3)no2)nn1. The lowest BCUT2D eigenvalue weighted by Gasteiger charge is -2.16. The van der Waals surface area contributed by atoms with Crippen molar-refractivity contribution in [1.82, 2.24) is 25.1 Å². The molecule has 3 rings (SSSR count). The van der Waals surface area contributed by atoms with Crippen molar-refractivity contribution in [2.45, 2.75) is 18.3 Å². The Morgan fingerprint density at radius 1 is 1.47 bits per heavy atom. The molecule has 1 atom stereocenters. The predicted molar refractivity (Wildman–Crippen MR) is 73.8 cm³/mol. The fourth-order valence-electron chi connectivity index (χ4n) is 1.75. The Morgan fingerprint density at radius 3 is 3.16 bits per heavy atom. The second-order valence-electron chi connectivity index (χ2n) is 4.09. The Balaban J connectivity index is 1.67. The normalized spacial score (nSPS) is 19.7. The number of nitrogens with zero attached hydrogens (tertiary/aromatic N) is 5. The number of rotatable bonds is 4. The van der Waals surface area contributed by atoms with Crippen molar-refractivity contribution in [3.8, 4) is 0 Å². The molecule has 0 amide bonds. The summed E-state index contributed by atoms with van der Waals surface area (Å²) in [6, 6.07) is 0. The summed E-state index contributed by atoms with van der Waals surface area (Å²) in [6.45, 7) is 0.815. The Hall–Kier alpha value is -1.06. The van der Waals surface area contributed by atoms with Crippen LogP contribution in [0.4, 0.5) is 0 Å². The molecule has 2 aromatic heterocycles. The molecule has 19 heavy (non-hydrogen) atoms. The zero-order chi connectivity index (χ0) is 13.1. The van der Waals surface area contributed by atoms with Gasteiger partial charge in [0.15, 0.2) is 5.82 Å². The average Bonchev–Trinajstić information content (AvgIpc) is 3.09. The van der Waals surface area contributed by atoms with Gasteiger partial charge >= 0.3 is 0 Å². The molecule has 2 N–H and O–H groups in total. The zero-order valence-corrected chi connectivity index (χ0v) is 11.9. The summed E-state index contributed by atoms with van der Waals surface area (Å²) in [7, 11) is 0. The molecule has 0 bridgehead atoms. The molecule has 0 saturated carbocycles. The summed E-state index contributed by atoms with van der Waals surface area (Å²) in [5.74, 6) is 4.73. The van der Waals surface area contributed by atoms with E-state index < -0.39 is 0 Å². The second-order valence-corrected chi connectivity index (χ2v) is 6.55. The molecule has 0 spiro atoms. The van der Waals surface area contributed by atoms with E-state index in [0.717, 1.165) is 23.0 Å². The quantitative estimate of drug-likeness (QED) is 0.880. The third kappa shape index (κ3) is 3.10. The van der Waals surface area contributed by atoms with Crippen molar-refractivity contribution < 1.29 is 4.52 Å². The lowest BCUT2D eigenvalue weighted by Crippen LogP contribution is -2.08. The van der Waals surface area contributed by atoms with Gasteiger partial charge in [0.05, 0.1) is 17.1 Å². The van der Waals surface area contributed by atoms with Gasteiger partial charge in [-0.1, -0.05) is 10.4 Å². The number of nitrogens with two attached hydrogens (primary N) is 1. The summed E-state index contributed by atoms with van der Waals surface area (Å²) < 4.78 is 6.92. The highest BCUT2D eigenvalue weighted by Gasteiger charge is 2.22. The highest BCUT2D eigenvalue weighted by atomic mass is 32.2. The number of hydrogen-bond acceptors (Lipinski definition) is 8. The molecule has 0 aromatic carbocycles. The van der Waals surface area contributed by atoms with Gasteiger partial charge in [0.2, 0.25) is 5.89 Å². The van der Waals surface area contributed by atoms with Gasteiger partial charge in [-0.15, -0.1) is 16.9 Å². The minimum Gasteiger partial charge on any atom is -0.337 e. The first kappa shape index (κ1) is 12.9. The Kier molecular flexibility index (Phi) is 4.04. The molecule has 1 fully saturated rings. The molecule has 1 unspecified atom stereocenters. The van der Waals surface area contributed by atoms with E-state index in [0.29, 0.717) is 24.2 Å². The van der Waals surface area contributed by atoms with Gasteiger partial charge in [0.1, 0.15) is 6.54 Å². The maximum Gasteiger partial charge on any atom is 0.248 e. The number of thioether (sulfide) groups is 2. The topological polar surface area (TPSA) is 95.7 Å². The van der Waals surface area contributed by atoms with E-state index in [4.69, 9.17) is 10.3 Å². The first-order valence-electron chi connectivity index (χ1n) is 5.96. The molecular weight excluding hydrogens is 284 g/mol. The summed E-state index contributed by atoms with van der Waals surface area (Å²) in [5.41, 5.74) is 6.23. The van der Waals surface area contributed by atoms with Crippen molar-refractivity contribution in [1.29, 1.82) is 0 Å². The first-order valence-corrected chi connectivity index (χ1v) is 8.16. The molecule has 7 nitrogen and oxygen atoms in total. The van der Waals surface area contributed by atoms with Crippen LogP contribution in [0.1, 0.15) is 22.7 Å². The van der Waals surface area contributed by atoms with E-state index in [1.165, 1.54) is 5.75 Å². The molecule has 0 aliphatic carbocycles. The van der Waals surface area contributed by atoms with Crippen LogP contribution in [0.2, 0.25) is 0 Å². The highest BCUT2D eigenvalue weighted by molar-refractivity contribution is 8.06. The molecule has 102 valence electrons. The minimum absolute atomic E-state index is 0.339. The summed E-state index contributed by atoms with van der Waals surface area (Å²) in [6.07, 6.45) is 1.79. The maximum absolute atomic E-state index is 5.49. The van der Waals surface area contributed by atoms with Gasteiger partial charge in [0, 0.05) is 23.8 Å². The van der Waals surface area contributed by atoms with Gasteiger partial charge in [-0.2, -0.15) is 16.7 Å². The summed E-state index contributed by atoms with van der Waals surface area (Å²) in [4.78, 5) is 4.43. The van der Waals surface area contributed by atoms with Crippen molar-refractivity contribution >= 4 is 23.5 Å².